The van der Waals surface area contributed by atoms with Gasteiger partial charge in [0, 0.05) is 11.6 Å². The van der Waals surface area contributed by atoms with Crippen LogP contribution in [-0.2, 0) is 11.8 Å². The van der Waals surface area contributed by atoms with Crippen LogP contribution in [0.2, 0.25) is 5.02 Å². The van der Waals surface area contributed by atoms with E-state index in [0.717, 1.165) is 24.0 Å². The standard InChI is InChI=1S/C25H26ClNO5/c1-14-13-16(26)23(15-11-12-25(2,3)21(14)15)32-20-10-9-19(31-20)24(28)27-22-17(29-4)7-6-8-18(22)30-5/h6-10,13H,11-12H2,1-5H3,(H,27,28). The van der Waals surface area contributed by atoms with Crippen LogP contribution in [0.15, 0.2) is 40.8 Å². The van der Waals surface area contributed by atoms with Crippen molar-refractivity contribution in [2.45, 2.75) is 39.0 Å². The van der Waals surface area contributed by atoms with Gasteiger partial charge in [0.05, 0.1) is 19.2 Å². The molecule has 32 heavy (non-hydrogen) atoms. The highest BCUT2D eigenvalue weighted by atomic mass is 35.5. The first-order valence-electron chi connectivity index (χ1n) is 10.4. The van der Waals surface area contributed by atoms with Gasteiger partial charge in [-0.15, -0.1) is 0 Å². The Balaban J connectivity index is 1.59. The van der Waals surface area contributed by atoms with Crippen molar-refractivity contribution in [1.82, 2.24) is 0 Å². The number of ether oxygens (including phenoxy) is 3. The molecular formula is C25H26ClNO5. The van der Waals surface area contributed by atoms with Gasteiger partial charge in [-0.1, -0.05) is 31.5 Å². The summed E-state index contributed by atoms with van der Waals surface area (Å²) in [5, 5.41) is 3.31. The molecule has 0 saturated heterocycles. The van der Waals surface area contributed by atoms with Crippen LogP contribution in [0.3, 0.4) is 0 Å². The lowest BCUT2D eigenvalue weighted by Crippen LogP contribution is -2.13. The maximum atomic E-state index is 12.8. The fraction of sp³-hybridized carbons (Fsp3) is 0.320. The highest BCUT2D eigenvalue weighted by Gasteiger charge is 2.35. The van der Waals surface area contributed by atoms with E-state index in [1.54, 1.807) is 30.3 Å². The third-order valence-corrected chi connectivity index (χ3v) is 6.16. The molecule has 1 amide bonds. The average Bonchev–Trinajstić information content (AvgIpc) is 3.35. The summed E-state index contributed by atoms with van der Waals surface area (Å²) in [6, 6.07) is 10.3. The molecule has 0 spiro atoms. The summed E-state index contributed by atoms with van der Waals surface area (Å²) in [4.78, 5) is 12.8. The van der Waals surface area contributed by atoms with Gasteiger partial charge in [-0.2, -0.15) is 0 Å². The Bertz CT molecular complexity index is 1160. The van der Waals surface area contributed by atoms with Gasteiger partial charge in [0.15, 0.2) is 11.5 Å². The first-order valence-corrected chi connectivity index (χ1v) is 10.8. The number of amides is 1. The maximum absolute atomic E-state index is 12.8. The molecule has 6 nitrogen and oxygen atoms in total. The number of halogens is 1. The number of hydrogen-bond acceptors (Lipinski definition) is 5. The molecule has 1 N–H and O–H groups in total. The van der Waals surface area contributed by atoms with E-state index in [4.69, 9.17) is 30.2 Å². The number of nitrogens with one attached hydrogen (secondary N) is 1. The number of carbonyl (C=O) groups is 1. The van der Waals surface area contributed by atoms with Gasteiger partial charge in [0.2, 0.25) is 0 Å². The Morgan fingerprint density at radius 3 is 2.47 bits per heavy atom. The number of aryl methyl sites for hydroxylation is 1. The molecule has 0 saturated carbocycles. The van der Waals surface area contributed by atoms with Crippen LogP contribution in [0.4, 0.5) is 5.69 Å². The van der Waals surface area contributed by atoms with Gasteiger partial charge in [0.1, 0.15) is 17.2 Å². The predicted molar refractivity (Wildman–Crippen MR) is 124 cm³/mol. The second-order valence-corrected chi connectivity index (χ2v) is 8.86. The van der Waals surface area contributed by atoms with Crippen LogP contribution in [0.5, 0.6) is 23.2 Å². The number of para-hydroxylation sites is 1. The van der Waals surface area contributed by atoms with E-state index in [1.165, 1.54) is 19.8 Å². The zero-order valence-electron chi connectivity index (χ0n) is 18.8. The molecule has 3 aromatic rings. The topological polar surface area (TPSA) is 69.9 Å². The van der Waals surface area contributed by atoms with Crippen molar-refractivity contribution in [3.8, 4) is 23.2 Å². The predicted octanol–water partition coefficient (Wildman–Crippen LogP) is 6.53. The second-order valence-electron chi connectivity index (χ2n) is 8.45. The summed E-state index contributed by atoms with van der Waals surface area (Å²) in [6.45, 7) is 6.53. The Morgan fingerprint density at radius 2 is 1.81 bits per heavy atom. The largest absolute Gasteiger partial charge is 0.494 e. The molecule has 1 aliphatic carbocycles. The lowest BCUT2D eigenvalue weighted by Gasteiger charge is -2.22. The quantitative estimate of drug-likeness (QED) is 0.457. The van der Waals surface area contributed by atoms with Crippen molar-refractivity contribution in [1.29, 1.82) is 0 Å². The van der Waals surface area contributed by atoms with Crippen molar-refractivity contribution < 1.29 is 23.4 Å². The van der Waals surface area contributed by atoms with Crippen molar-refractivity contribution in [3.63, 3.8) is 0 Å². The zero-order chi connectivity index (χ0) is 23.0. The van der Waals surface area contributed by atoms with Crippen molar-refractivity contribution in [2.75, 3.05) is 19.5 Å². The minimum Gasteiger partial charge on any atom is -0.494 e. The lowest BCUT2D eigenvalue weighted by atomic mass is 9.84. The van der Waals surface area contributed by atoms with Gasteiger partial charge < -0.3 is 23.9 Å². The number of methoxy groups -OCH3 is 2. The molecule has 0 aliphatic heterocycles. The van der Waals surface area contributed by atoms with Crippen LogP contribution in [-0.4, -0.2) is 20.1 Å². The van der Waals surface area contributed by atoms with E-state index in [9.17, 15) is 4.79 Å². The molecular weight excluding hydrogens is 430 g/mol. The molecule has 2 aromatic carbocycles. The smallest absolute Gasteiger partial charge is 0.291 e. The summed E-state index contributed by atoms with van der Waals surface area (Å²) in [5.41, 5.74) is 4.00. The van der Waals surface area contributed by atoms with E-state index >= 15 is 0 Å². The van der Waals surface area contributed by atoms with Crippen molar-refractivity contribution in [3.05, 3.63) is 63.9 Å². The number of carbonyl (C=O) groups excluding carboxylic acids is 1. The van der Waals surface area contributed by atoms with Crippen LogP contribution >= 0.6 is 11.6 Å². The average molecular weight is 456 g/mol. The first kappa shape index (κ1) is 22.1. The maximum Gasteiger partial charge on any atom is 0.291 e. The Morgan fingerprint density at radius 1 is 1.12 bits per heavy atom. The number of rotatable bonds is 6. The summed E-state index contributed by atoms with van der Waals surface area (Å²) in [5.74, 6) is 1.37. The van der Waals surface area contributed by atoms with Crippen LogP contribution < -0.4 is 19.5 Å². The molecule has 168 valence electrons. The van der Waals surface area contributed by atoms with Gasteiger partial charge in [0.25, 0.3) is 11.9 Å². The zero-order valence-corrected chi connectivity index (χ0v) is 19.6. The normalized spacial score (nSPS) is 14.1. The van der Waals surface area contributed by atoms with E-state index in [1.807, 2.05) is 6.07 Å². The molecule has 1 aromatic heterocycles. The summed E-state index contributed by atoms with van der Waals surface area (Å²) < 4.78 is 22.4. The Kier molecular flexibility index (Phi) is 5.82. The van der Waals surface area contributed by atoms with Gasteiger partial charge in [-0.25, -0.2) is 0 Å². The van der Waals surface area contributed by atoms with Crippen LogP contribution in [0.25, 0.3) is 0 Å². The van der Waals surface area contributed by atoms with Crippen LogP contribution in [0, 0.1) is 6.92 Å². The van der Waals surface area contributed by atoms with Gasteiger partial charge >= 0.3 is 0 Å². The van der Waals surface area contributed by atoms with Gasteiger partial charge in [-0.05, 0) is 60.6 Å². The molecule has 0 atom stereocenters. The Labute approximate surface area is 192 Å². The molecule has 1 aliphatic rings. The van der Waals surface area contributed by atoms with E-state index in [2.05, 4.69) is 26.1 Å². The fourth-order valence-electron chi connectivity index (χ4n) is 4.42. The van der Waals surface area contributed by atoms with E-state index in [-0.39, 0.29) is 17.1 Å². The SMILES string of the molecule is COc1cccc(OC)c1NC(=O)c1ccc(Oc2c(Cl)cc(C)c3c2CCC3(C)C)o1. The third kappa shape index (κ3) is 3.91. The van der Waals surface area contributed by atoms with Crippen molar-refractivity contribution >= 4 is 23.2 Å². The van der Waals surface area contributed by atoms with E-state index < -0.39 is 5.91 Å². The molecule has 1 heterocycles. The third-order valence-electron chi connectivity index (χ3n) is 5.88. The number of hydrogen-bond donors (Lipinski definition) is 1. The molecule has 0 fully saturated rings. The number of benzene rings is 2. The highest BCUT2D eigenvalue weighted by Crippen LogP contribution is 2.48. The monoisotopic (exact) mass is 455 g/mol. The fourth-order valence-corrected chi connectivity index (χ4v) is 4.74. The minimum atomic E-state index is -0.455. The number of furan rings is 1. The summed E-state index contributed by atoms with van der Waals surface area (Å²) in [7, 11) is 3.04. The lowest BCUT2D eigenvalue weighted by molar-refractivity contribution is 0.0991. The Hall–Kier alpha value is -3.12. The highest BCUT2D eigenvalue weighted by molar-refractivity contribution is 6.32. The van der Waals surface area contributed by atoms with Crippen LogP contribution in [0.1, 0.15) is 47.5 Å². The molecule has 0 radical (unpaired) electrons. The molecule has 0 unspecified atom stereocenters. The molecule has 7 heteroatoms. The molecule has 0 bridgehead atoms. The second kappa shape index (κ2) is 8.43. The minimum absolute atomic E-state index is 0.0596. The first-order chi connectivity index (χ1) is 15.2. The van der Waals surface area contributed by atoms with Gasteiger partial charge in [-0.3, -0.25) is 4.79 Å². The number of anilines is 1. The summed E-state index contributed by atoms with van der Waals surface area (Å²) in [6.07, 6.45) is 1.90. The van der Waals surface area contributed by atoms with Crippen molar-refractivity contribution in [2.24, 2.45) is 0 Å². The van der Waals surface area contributed by atoms with E-state index in [0.29, 0.717) is 28.0 Å². The number of fused-ring (bicyclic) bond motifs is 1. The summed E-state index contributed by atoms with van der Waals surface area (Å²) >= 11 is 6.53. The molecule has 4 rings (SSSR count).